The van der Waals surface area contributed by atoms with Crippen LogP contribution < -0.4 is 16.0 Å². The molecule has 2 amide bonds. The maximum atomic E-state index is 11.5. The summed E-state index contributed by atoms with van der Waals surface area (Å²) in [5.41, 5.74) is 1.35. The predicted octanol–water partition coefficient (Wildman–Crippen LogP) is 3.11. The Hall–Kier alpha value is -0.980. The minimum absolute atomic E-state index is 0. The minimum atomic E-state index is -0.517. The van der Waals surface area contributed by atoms with E-state index in [4.69, 9.17) is 17.0 Å². The van der Waals surface area contributed by atoms with E-state index in [9.17, 15) is 4.79 Å². The zero-order valence-electron chi connectivity index (χ0n) is 9.73. The molecule has 1 aromatic rings. The summed E-state index contributed by atoms with van der Waals surface area (Å²) < 4.78 is 0.842. The predicted molar refractivity (Wildman–Crippen MR) is 80.1 cm³/mol. The van der Waals surface area contributed by atoms with Gasteiger partial charge in [0.1, 0.15) is 0 Å². The number of hydrogen-bond acceptors (Lipinski definition) is 2. The second-order valence-electron chi connectivity index (χ2n) is 3.28. The summed E-state index contributed by atoms with van der Waals surface area (Å²) >= 11 is 9.32. The summed E-state index contributed by atoms with van der Waals surface area (Å²) in [7, 11) is 1.54. The first-order chi connectivity index (χ1) is 7.93. The van der Waals surface area contributed by atoms with Crippen molar-refractivity contribution in [2.45, 2.75) is 6.92 Å². The molecule has 100 valence electrons. The zero-order valence-corrected chi connectivity index (χ0v) is 12.9. The van der Waals surface area contributed by atoms with Gasteiger partial charge in [-0.1, -0.05) is 27.5 Å². The summed E-state index contributed by atoms with van der Waals surface area (Å²) in [4.78, 5) is 11.5. The zero-order chi connectivity index (χ0) is 13.0. The average Bonchev–Trinajstić information content (AvgIpc) is 2.23. The highest BCUT2D eigenvalue weighted by Crippen LogP contribution is 2.29. The topological polar surface area (TPSA) is 77.0 Å². The molecule has 1 aromatic carbocycles. The lowest BCUT2D eigenvalue weighted by Gasteiger charge is -2.12. The molecule has 0 spiro atoms. The van der Waals surface area contributed by atoms with Crippen LogP contribution in [-0.4, -0.2) is 19.0 Å². The molecule has 0 aliphatic rings. The van der Waals surface area contributed by atoms with E-state index >= 15 is 0 Å². The Morgan fingerprint density at radius 2 is 2.06 bits per heavy atom. The Morgan fingerprint density at radius 1 is 1.44 bits per heavy atom. The number of carbonyl (C=O) groups is 1. The fraction of sp³-hybridized carbons (Fsp3) is 0.200. The van der Waals surface area contributed by atoms with Crippen LogP contribution in [0, 0.1) is 12.3 Å². The molecule has 5 nitrogen and oxygen atoms in total. The number of halogens is 3. The van der Waals surface area contributed by atoms with Crippen molar-refractivity contribution >= 4 is 57.6 Å². The van der Waals surface area contributed by atoms with Crippen molar-refractivity contribution in [3.63, 3.8) is 0 Å². The molecule has 18 heavy (non-hydrogen) atoms. The Kier molecular flexibility index (Phi) is 7.05. The van der Waals surface area contributed by atoms with Crippen molar-refractivity contribution in [2.75, 3.05) is 12.4 Å². The van der Waals surface area contributed by atoms with Gasteiger partial charge in [-0.05, 0) is 24.6 Å². The fourth-order valence-electron chi connectivity index (χ4n) is 1.18. The van der Waals surface area contributed by atoms with Crippen LogP contribution in [0.2, 0.25) is 5.02 Å². The largest absolute Gasteiger partial charge is 0.359 e. The Morgan fingerprint density at radius 3 is 2.56 bits per heavy atom. The Bertz CT molecular complexity index is 444. The van der Waals surface area contributed by atoms with Crippen LogP contribution in [0.25, 0.3) is 0 Å². The van der Waals surface area contributed by atoms with Gasteiger partial charge in [-0.25, -0.2) is 4.79 Å². The monoisotopic (exact) mass is 354 g/mol. The third-order valence-electron chi connectivity index (χ3n) is 1.98. The first-order valence-corrected chi connectivity index (χ1v) is 5.91. The third kappa shape index (κ3) is 4.72. The first-order valence-electron chi connectivity index (χ1n) is 4.74. The molecule has 0 fully saturated rings. The number of carbonyl (C=O) groups excluding carboxylic acids is 1. The molecular weight excluding hydrogens is 343 g/mol. The minimum Gasteiger partial charge on any atom is -0.359 e. The van der Waals surface area contributed by atoms with Crippen LogP contribution in [0.4, 0.5) is 10.5 Å². The van der Waals surface area contributed by atoms with Gasteiger partial charge in [0.05, 0.1) is 10.7 Å². The number of anilines is 1. The van der Waals surface area contributed by atoms with Crippen LogP contribution >= 0.6 is 39.9 Å². The van der Waals surface area contributed by atoms with E-state index in [-0.39, 0.29) is 18.4 Å². The van der Waals surface area contributed by atoms with Crippen LogP contribution in [0.3, 0.4) is 0 Å². The van der Waals surface area contributed by atoms with Gasteiger partial charge in [0.15, 0.2) is 5.96 Å². The molecule has 0 aromatic heterocycles. The molecule has 0 saturated heterocycles. The molecule has 0 aliphatic carbocycles. The number of guanidine groups is 1. The van der Waals surface area contributed by atoms with Crippen molar-refractivity contribution in [1.82, 2.24) is 10.6 Å². The highest BCUT2D eigenvalue weighted by Gasteiger charge is 2.10. The van der Waals surface area contributed by atoms with Gasteiger partial charge in [0.25, 0.3) is 0 Å². The van der Waals surface area contributed by atoms with Gasteiger partial charge in [-0.3, -0.25) is 10.7 Å². The van der Waals surface area contributed by atoms with E-state index in [0.717, 1.165) is 10.0 Å². The molecular formula is C10H13BrCl2N4O. The average molecular weight is 356 g/mol. The van der Waals surface area contributed by atoms with Crippen LogP contribution in [0.5, 0.6) is 0 Å². The van der Waals surface area contributed by atoms with Crippen LogP contribution in [0.15, 0.2) is 16.6 Å². The Balaban J connectivity index is 0.00000289. The molecule has 8 heteroatoms. The van der Waals surface area contributed by atoms with Gasteiger partial charge >= 0.3 is 6.03 Å². The molecule has 1 rings (SSSR count). The van der Waals surface area contributed by atoms with E-state index in [2.05, 4.69) is 31.9 Å². The summed E-state index contributed by atoms with van der Waals surface area (Å²) in [6.45, 7) is 1.83. The lowest BCUT2D eigenvalue weighted by Crippen LogP contribution is -2.40. The van der Waals surface area contributed by atoms with Crippen molar-refractivity contribution < 1.29 is 4.79 Å². The van der Waals surface area contributed by atoms with Gasteiger partial charge < -0.3 is 10.6 Å². The smallest absolute Gasteiger partial charge is 0.326 e. The molecule has 0 heterocycles. The maximum Gasteiger partial charge on any atom is 0.326 e. The van der Waals surface area contributed by atoms with E-state index in [1.54, 1.807) is 13.1 Å². The Labute approximate surface area is 125 Å². The number of amides is 2. The van der Waals surface area contributed by atoms with E-state index in [0.29, 0.717) is 10.7 Å². The van der Waals surface area contributed by atoms with Crippen LogP contribution in [0.1, 0.15) is 5.56 Å². The molecule has 0 aliphatic heterocycles. The summed E-state index contributed by atoms with van der Waals surface area (Å²) in [5, 5.41) is 15.1. The molecule has 0 unspecified atom stereocenters. The molecule has 0 atom stereocenters. The van der Waals surface area contributed by atoms with E-state index in [1.807, 2.05) is 13.0 Å². The second-order valence-corrected chi connectivity index (χ2v) is 4.61. The van der Waals surface area contributed by atoms with Crippen molar-refractivity contribution in [2.24, 2.45) is 0 Å². The highest BCUT2D eigenvalue weighted by atomic mass is 79.9. The first kappa shape index (κ1) is 17.0. The van der Waals surface area contributed by atoms with Gasteiger partial charge in [-0.15, -0.1) is 12.4 Å². The number of aryl methyl sites for hydroxylation is 1. The van der Waals surface area contributed by atoms with Gasteiger partial charge in [0.2, 0.25) is 0 Å². The summed E-state index contributed by atoms with van der Waals surface area (Å²) in [6.07, 6.45) is 0. The van der Waals surface area contributed by atoms with Crippen molar-refractivity contribution in [3.05, 3.63) is 27.2 Å². The van der Waals surface area contributed by atoms with E-state index in [1.165, 1.54) is 0 Å². The fourth-order valence-corrected chi connectivity index (χ4v) is 2.20. The molecule has 0 saturated carbocycles. The maximum absolute atomic E-state index is 11.5. The number of rotatable bonds is 1. The quantitative estimate of drug-likeness (QED) is 0.461. The van der Waals surface area contributed by atoms with E-state index < -0.39 is 6.03 Å². The summed E-state index contributed by atoms with van der Waals surface area (Å²) in [6, 6.07) is 3.01. The second kappa shape index (κ2) is 7.45. The lowest BCUT2D eigenvalue weighted by atomic mass is 10.2. The summed E-state index contributed by atoms with van der Waals surface area (Å²) in [5.74, 6) is -0.0895. The standard InChI is InChI=1S/C10H12BrClN4O.ClH/c1-5-3-6(11)4-7(12)8(5)15-10(17)16-9(13)14-2;/h3-4H,1-2H3,(H4,13,14,15,16,17);1H. The van der Waals surface area contributed by atoms with Crippen LogP contribution in [-0.2, 0) is 0 Å². The van der Waals surface area contributed by atoms with Gasteiger partial charge in [-0.2, -0.15) is 0 Å². The number of urea groups is 1. The highest BCUT2D eigenvalue weighted by molar-refractivity contribution is 9.10. The lowest BCUT2D eigenvalue weighted by molar-refractivity contribution is 0.256. The number of nitrogens with one attached hydrogen (secondary N) is 4. The van der Waals surface area contributed by atoms with Gasteiger partial charge in [0, 0.05) is 11.5 Å². The number of benzene rings is 1. The molecule has 4 N–H and O–H groups in total. The normalized spacial score (nSPS) is 9.11. The molecule has 0 radical (unpaired) electrons. The third-order valence-corrected chi connectivity index (χ3v) is 2.74. The van der Waals surface area contributed by atoms with Crippen molar-refractivity contribution in [3.8, 4) is 0 Å². The van der Waals surface area contributed by atoms with Crippen molar-refractivity contribution in [1.29, 1.82) is 5.41 Å². The molecule has 0 bridgehead atoms. The SMILES string of the molecule is CNC(=N)NC(=O)Nc1c(C)cc(Br)cc1Cl.Cl. The number of hydrogen-bond donors (Lipinski definition) is 4.